The lowest BCUT2D eigenvalue weighted by atomic mass is 10.2. The minimum atomic E-state index is -3.63. The number of fused-ring (bicyclic) bond motifs is 1. The van der Waals surface area contributed by atoms with E-state index < -0.39 is 10.0 Å². The van der Waals surface area contributed by atoms with E-state index in [-0.39, 0.29) is 23.0 Å². The van der Waals surface area contributed by atoms with Crippen molar-refractivity contribution in [3.63, 3.8) is 0 Å². The van der Waals surface area contributed by atoms with Crippen molar-refractivity contribution in [1.82, 2.24) is 14.2 Å². The van der Waals surface area contributed by atoms with Gasteiger partial charge in [0.25, 0.3) is 5.91 Å². The summed E-state index contributed by atoms with van der Waals surface area (Å²) in [6.45, 7) is 9.35. The van der Waals surface area contributed by atoms with E-state index in [1.54, 1.807) is 12.1 Å². The molecule has 2 unspecified atom stereocenters. The van der Waals surface area contributed by atoms with E-state index in [1.165, 1.54) is 32.7 Å². The van der Waals surface area contributed by atoms with Gasteiger partial charge in [-0.2, -0.15) is 4.31 Å². The number of ether oxygens (including phenoxy) is 1. The average Bonchev–Trinajstić information content (AvgIpc) is 3.14. The maximum Gasteiger partial charge on any atom is 0.257 e. The van der Waals surface area contributed by atoms with Crippen molar-refractivity contribution in [1.29, 1.82) is 0 Å². The molecule has 0 saturated carbocycles. The van der Waals surface area contributed by atoms with Crippen LogP contribution < -0.4 is 5.32 Å². The zero-order chi connectivity index (χ0) is 22.2. The third kappa shape index (κ3) is 4.83. The van der Waals surface area contributed by atoms with Crippen LogP contribution in [0.2, 0.25) is 0 Å². The Kier molecular flexibility index (Phi) is 6.45. The summed E-state index contributed by atoms with van der Waals surface area (Å²) < 4.78 is 33.0. The van der Waals surface area contributed by atoms with E-state index in [9.17, 15) is 13.2 Å². The summed E-state index contributed by atoms with van der Waals surface area (Å²) in [5, 5.41) is 3.44. The lowest BCUT2D eigenvalue weighted by molar-refractivity contribution is -0.0440. The molecule has 3 heterocycles. The van der Waals surface area contributed by atoms with E-state index in [0.717, 1.165) is 31.7 Å². The Morgan fingerprint density at radius 2 is 1.90 bits per heavy atom. The minimum absolute atomic E-state index is 0.155. The number of likely N-dealkylation sites (N-methyl/N-ethyl adjacent to an activating group) is 1. The highest BCUT2D eigenvalue weighted by molar-refractivity contribution is 7.89. The van der Waals surface area contributed by atoms with Crippen LogP contribution in [0.1, 0.15) is 41.7 Å². The van der Waals surface area contributed by atoms with Gasteiger partial charge in [-0.3, -0.25) is 15.0 Å². The number of benzene rings is 1. The standard InChI is InChI=1S/C21H28N4O4S2/c1-4-24-10-9-18-19(13-24)30-21(22-18)23-20(26)16-5-7-17(8-6-16)31(27,28)25-11-14(2)29-15(3)12-25/h5-8,14-15H,4,9-13H2,1-3H3,(H,22,23,26). The van der Waals surface area contributed by atoms with Crippen LogP contribution in [0.5, 0.6) is 0 Å². The molecule has 1 aromatic heterocycles. The molecule has 2 atom stereocenters. The molecular formula is C21H28N4O4S2. The number of carbonyl (C=O) groups is 1. The quantitative estimate of drug-likeness (QED) is 0.731. The van der Waals surface area contributed by atoms with Gasteiger partial charge in [0.1, 0.15) is 0 Å². The molecule has 10 heteroatoms. The van der Waals surface area contributed by atoms with Gasteiger partial charge in [0.05, 0.1) is 22.8 Å². The lowest BCUT2D eigenvalue weighted by Crippen LogP contribution is -2.48. The predicted molar refractivity (Wildman–Crippen MR) is 120 cm³/mol. The minimum Gasteiger partial charge on any atom is -0.373 e. The highest BCUT2D eigenvalue weighted by Gasteiger charge is 2.32. The number of thiazole rings is 1. The topological polar surface area (TPSA) is 91.8 Å². The molecule has 2 aromatic rings. The van der Waals surface area contributed by atoms with Crippen LogP contribution >= 0.6 is 11.3 Å². The van der Waals surface area contributed by atoms with Gasteiger partial charge >= 0.3 is 0 Å². The second-order valence-corrected chi connectivity index (χ2v) is 11.1. The number of aromatic nitrogens is 1. The first kappa shape index (κ1) is 22.3. The Hall–Kier alpha value is -1.85. The van der Waals surface area contributed by atoms with Gasteiger partial charge in [0, 0.05) is 43.0 Å². The van der Waals surface area contributed by atoms with Crippen molar-refractivity contribution >= 4 is 32.4 Å². The number of hydrogen-bond donors (Lipinski definition) is 1. The molecule has 1 amide bonds. The second kappa shape index (κ2) is 8.95. The Balaban J connectivity index is 1.45. The maximum absolute atomic E-state index is 13.0. The number of sulfonamides is 1. The number of hydrogen-bond acceptors (Lipinski definition) is 7. The molecule has 0 bridgehead atoms. The van der Waals surface area contributed by atoms with Crippen LogP contribution in [0.15, 0.2) is 29.2 Å². The molecule has 1 saturated heterocycles. The van der Waals surface area contributed by atoms with Crippen LogP contribution in [-0.4, -0.2) is 66.9 Å². The molecule has 0 radical (unpaired) electrons. The maximum atomic E-state index is 13.0. The van der Waals surface area contributed by atoms with E-state index in [0.29, 0.717) is 23.8 Å². The number of morpholine rings is 1. The fourth-order valence-electron chi connectivity index (χ4n) is 4.00. The van der Waals surface area contributed by atoms with Gasteiger partial charge in [0.2, 0.25) is 10.0 Å². The molecular weight excluding hydrogens is 436 g/mol. The van der Waals surface area contributed by atoms with Crippen LogP contribution in [0.4, 0.5) is 5.13 Å². The van der Waals surface area contributed by atoms with Crippen LogP contribution in [-0.2, 0) is 27.7 Å². The fraction of sp³-hybridized carbons (Fsp3) is 0.524. The average molecular weight is 465 g/mol. The highest BCUT2D eigenvalue weighted by Crippen LogP contribution is 2.28. The summed E-state index contributed by atoms with van der Waals surface area (Å²) in [5.41, 5.74) is 1.45. The van der Waals surface area contributed by atoms with Crippen molar-refractivity contribution in [3.05, 3.63) is 40.4 Å². The first-order chi connectivity index (χ1) is 14.8. The molecule has 2 aliphatic rings. The van der Waals surface area contributed by atoms with Crippen molar-refractivity contribution in [3.8, 4) is 0 Å². The van der Waals surface area contributed by atoms with E-state index in [4.69, 9.17) is 4.74 Å². The number of carbonyl (C=O) groups excluding carboxylic acids is 1. The van der Waals surface area contributed by atoms with Gasteiger partial charge in [-0.05, 0) is 44.7 Å². The molecule has 8 nitrogen and oxygen atoms in total. The third-order valence-electron chi connectivity index (χ3n) is 5.62. The molecule has 0 spiro atoms. The first-order valence-corrected chi connectivity index (χ1v) is 12.8. The molecule has 0 aliphatic carbocycles. The number of amides is 1. The molecule has 2 aliphatic heterocycles. The second-order valence-electron chi connectivity index (χ2n) is 8.07. The van der Waals surface area contributed by atoms with E-state index in [1.807, 2.05) is 13.8 Å². The summed E-state index contributed by atoms with van der Waals surface area (Å²) in [6, 6.07) is 6.06. The van der Waals surface area contributed by atoms with Crippen molar-refractivity contribution in [2.45, 2.75) is 50.8 Å². The lowest BCUT2D eigenvalue weighted by Gasteiger charge is -2.34. The largest absolute Gasteiger partial charge is 0.373 e. The van der Waals surface area contributed by atoms with Gasteiger partial charge in [-0.25, -0.2) is 13.4 Å². The zero-order valence-corrected chi connectivity index (χ0v) is 19.6. The molecule has 1 aromatic carbocycles. The van der Waals surface area contributed by atoms with E-state index >= 15 is 0 Å². The summed E-state index contributed by atoms with van der Waals surface area (Å²) in [6.07, 6.45) is 0.579. The Labute approximate surface area is 187 Å². The Bertz CT molecular complexity index is 1040. The van der Waals surface area contributed by atoms with Crippen LogP contribution in [0.25, 0.3) is 0 Å². The smallest absolute Gasteiger partial charge is 0.257 e. The number of nitrogens with one attached hydrogen (secondary N) is 1. The van der Waals surface area contributed by atoms with Crippen molar-refractivity contribution < 1.29 is 17.9 Å². The number of nitrogens with zero attached hydrogens (tertiary/aromatic N) is 3. The van der Waals surface area contributed by atoms with Crippen LogP contribution in [0.3, 0.4) is 0 Å². The molecule has 1 fully saturated rings. The van der Waals surface area contributed by atoms with Gasteiger partial charge < -0.3 is 4.74 Å². The normalized spacial score (nSPS) is 22.8. The van der Waals surface area contributed by atoms with E-state index in [2.05, 4.69) is 22.1 Å². The van der Waals surface area contributed by atoms with Gasteiger partial charge in [-0.1, -0.05) is 6.92 Å². The predicted octanol–water partition coefficient (Wildman–Crippen LogP) is 2.57. The highest BCUT2D eigenvalue weighted by atomic mass is 32.2. The summed E-state index contributed by atoms with van der Waals surface area (Å²) in [7, 11) is -3.63. The number of rotatable bonds is 5. The summed E-state index contributed by atoms with van der Waals surface area (Å²) >= 11 is 1.50. The summed E-state index contributed by atoms with van der Waals surface area (Å²) in [4.78, 5) is 20.9. The fourth-order valence-corrected chi connectivity index (χ4v) is 6.63. The van der Waals surface area contributed by atoms with Crippen LogP contribution in [0, 0.1) is 0 Å². The van der Waals surface area contributed by atoms with Crippen molar-refractivity contribution in [2.75, 3.05) is 31.5 Å². The van der Waals surface area contributed by atoms with Gasteiger partial charge in [-0.15, -0.1) is 11.3 Å². The Morgan fingerprint density at radius 1 is 1.23 bits per heavy atom. The zero-order valence-electron chi connectivity index (χ0n) is 18.0. The molecule has 168 valence electrons. The molecule has 1 N–H and O–H groups in total. The SMILES string of the molecule is CCN1CCc2nc(NC(=O)c3ccc(S(=O)(=O)N4CC(C)OC(C)C4)cc3)sc2C1. The van der Waals surface area contributed by atoms with Gasteiger partial charge in [0.15, 0.2) is 5.13 Å². The monoisotopic (exact) mass is 464 g/mol. The third-order valence-corrected chi connectivity index (χ3v) is 8.46. The summed E-state index contributed by atoms with van der Waals surface area (Å²) in [5.74, 6) is -0.295. The van der Waals surface area contributed by atoms with Crippen molar-refractivity contribution in [2.24, 2.45) is 0 Å². The Morgan fingerprint density at radius 3 is 2.55 bits per heavy atom. The molecule has 4 rings (SSSR count). The number of anilines is 1. The first-order valence-electron chi connectivity index (χ1n) is 10.5. The molecule has 31 heavy (non-hydrogen) atoms.